The van der Waals surface area contributed by atoms with Crippen LogP contribution in [0.5, 0.6) is 0 Å². The second kappa shape index (κ2) is 3.64. The minimum Gasteiger partial charge on any atom is -0.478 e. The first-order valence-corrected chi connectivity index (χ1v) is 4.46. The summed E-state index contributed by atoms with van der Waals surface area (Å²) in [5.41, 5.74) is 1.19. The van der Waals surface area contributed by atoms with E-state index in [9.17, 15) is 4.79 Å². The summed E-state index contributed by atoms with van der Waals surface area (Å²) in [5.74, 6) is 0.427. The van der Waals surface area contributed by atoms with Crippen molar-refractivity contribution in [1.29, 1.82) is 0 Å². The third-order valence-corrected chi connectivity index (χ3v) is 2.16. The molecule has 0 aliphatic carbocycles. The molecular formula is C10H14O3. The second-order valence-corrected chi connectivity index (χ2v) is 2.95. The number of hydrogen-bond acceptors (Lipinski definition) is 2. The number of furan rings is 1. The van der Waals surface area contributed by atoms with Gasteiger partial charge < -0.3 is 9.52 Å². The molecular weight excluding hydrogens is 168 g/mol. The maximum atomic E-state index is 10.9. The minimum absolute atomic E-state index is 0.347. The summed E-state index contributed by atoms with van der Waals surface area (Å²) in [6, 6.07) is 0. The first-order valence-electron chi connectivity index (χ1n) is 4.46. The van der Waals surface area contributed by atoms with Gasteiger partial charge in [-0.15, -0.1) is 0 Å². The molecule has 0 aliphatic heterocycles. The van der Waals surface area contributed by atoms with Crippen LogP contribution in [0.15, 0.2) is 4.42 Å². The van der Waals surface area contributed by atoms with Gasteiger partial charge in [0.2, 0.25) is 0 Å². The quantitative estimate of drug-likeness (QED) is 0.780. The third kappa shape index (κ3) is 1.59. The molecule has 0 saturated carbocycles. The molecule has 1 aromatic rings. The van der Waals surface area contributed by atoms with Crippen LogP contribution >= 0.6 is 0 Å². The Kier molecular flexibility index (Phi) is 2.76. The number of carboxylic acid groups (broad SMARTS) is 1. The normalized spacial score (nSPS) is 10.4. The maximum Gasteiger partial charge on any atom is 0.339 e. The van der Waals surface area contributed by atoms with E-state index >= 15 is 0 Å². The van der Waals surface area contributed by atoms with Gasteiger partial charge in [-0.3, -0.25) is 0 Å². The van der Waals surface area contributed by atoms with Gasteiger partial charge in [-0.05, 0) is 13.3 Å². The fourth-order valence-corrected chi connectivity index (χ4v) is 1.59. The Hall–Kier alpha value is -1.25. The molecule has 1 aromatic heterocycles. The van der Waals surface area contributed by atoms with Crippen LogP contribution in [0.25, 0.3) is 0 Å². The van der Waals surface area contributed by atoms with Gasteiger partial charge in [0.05, 0.1) is 0 Å². The van der Waals surface area contributed by atoms with Gasteiger partial charge in [-0.1, -0.05) is 13.8 Å². The Bertz CT molecular complexity index is 323. The number of carboxylic acids is 1. The lowest BCUT2D eigenvalue weighted by Crippen LogP contribution is -2.01. The van der Waals surface area contributed by atoms with E-state index in [1.807, 2.05) is 13.8 Å². The summed E-state index contributed by atoms with van der Waals surface area (Å²) in [7, 11) is 0. The van der Waals surface area contributed by atoms with E-state index in [0.717, 1.165) is 17.7 Å². The standard InChI is InChI=1S/C10H14O3/c1-4-7-8(5-2)13-6(3)9(7)10(11)12/h4-5H2,1-3H3,(H,11,12). The largest absolute Gasteiger partial charge is 0.478 e. The lowest BCUT2D eigenvalue weighted by molar-refractivity contribution is 0.0694. The molecule has 0 aliphatic rings. The van der Waals surface area contributed by atoms with E-state index in [0.29, 0.717) is 17.7 Å². The van der Waals surface area contributed by atoms with E-state index in [2.05, 4.69) is 0 Å². The smallest absolute Gasteiger partial charge is 0.339 e. The van der Waals surface area contributed by atoms with Crippen LogP contribution in [0.4, 0.5) is 0 Å². The lowest BCUT2D eigenvalue weighted by Gasteiger charge is -1.96. The zero-order valence-corrected chi connectivity index (χ0v) is 8.18. The van der Waals surface area contributed by atoms with Gasteiger partial charge in [0, 0.05) is 12.0 Å². The van der Waals surface area contributed by atoms with Crippen molar-refractivity contribution in [1.82, 2.24) is 0 Å². The fraction of sp³-hybridized carbons (Fsp3) is 0.500. The van der Waals surface area contributed by atoms with E-state index in [4.69, 9.17) is 9.52 Å². The summed E-state index contributed by atoms with van der Waals surface area (Å²) in [5, 5.41) is 8.93. The van der Waals surface area contributed by atoms with E-state index in [1.165, 1.54) is 0 Å². The molecule has 72 valence electrons. The van der Waals surface area contributed by atoms with Crippen molar-refractivity contribution in [3.63, 3.8) is 0 Å². The minimum atomic E-state index is -0.891. The summed E-state index contributed by atoms with van der Waals surface area (Å²) in [6.45, 7) is 5.60. The maximum absolute atomic E-state index is 10.9. The first kappa shape index (κ1) is 9.84. The van der Waals surface area contributed by atoms with Crippen molar-refractivity contribution >= 4 is 5.97 Å². The van der Waals surface area contributed by atoms with Crippen LogP contribution in [0.2, 0.25) is 0 Å². The number of rotatable bonds is 3. The summed E-state index contributed by atoms with van der Waals surface area (Å²) in [4.78, 5) is 10.9. The summed E-state index contributed by atoms with van der Waals surface area (Å²) < 4.78 is 5.37. The van der Waals surface area contributed by atoms with Crippen LogP contribution in [0.1, 0.15) is 41.3 Å². The van der Waals surface area contributed by atoms with E-state index in [1.54, 1.807) is 6.92 Å². The average molecular weight is 182 g/mol. The molecule has 3 heteroatoms. The zero-order valence-electron chi connectivity index (χ0n) is 8.18. The van der Waals surface area contributed by atoms with Gasteiger partial charge in [0.15, 0.2) is 0 Å². The predicted octanol–water partition coefficient (Wildman–Crippen LogP) is 2.41. The van der Waals surface area contributed by atoms with Crippen LogP contribution in [0.3, 0.4) is 0 Å². The van der Waals surface area contributed by atoms with Gasteiger partial charge in [-0.25, -0.2) is 4.79 Å². The molecule has 0 spiro atoms. The van der Waals surface area contributed by atoms with E-state index in [-0.39, 0.29) is 0 Å². The highest BCUT2D eigenvalue weighted by Gasteiger charge is 2.20. The molecule has 0 unspecified atom stereocenters. The average Bonchev–Trinajstić information content (AvgIpc) is 2.41. The molecule has 0 bridgehead atoms. The molecule has 0 atom stereocenters. The Labute approximate surface area is 77.4 Å². The SMILES string of the molecule is CCc1oc(C)c(C(=O)O)c1CC. The molecule has 3 nitrogen and oxygen atoms in total. The summed E-state index contributed by atoms with van der Waals surface area (Å²) in [6.07, 6.45) is 1.46. The Morgan fingerprint density at radius 3 is 2.38 bits per heavy atom. The van der Waals surface area contributed by atoms with Gasteiger partial charge >= 0.3 is 5.97 Å². The molecule has 0 saturated heterocycles. The molecule has 1 heterocycles. The number of aryl methyl sites for hydroxylation is 2. The van der Waals surface area contributed by atoms with Crippen molar-refractivity contribution in [2.75, 3.05) is 0 Å². The third-order valence-electron chi connectivity index (χ3n) is 2.16. The molecule has 1 rings (SSSR count). The topological polar surface area (TPSA) is 50.4 Å². The number of hydrogen-bond donors (Lipinski definition) is 1. The highest BCUT2D eigenvalue weighted by molar-refractivity contribution is 5.90. The monoisotopic (exact) mass is 182 g/mol. The van der Waals surface area contributed by atoms with Crippen LogP contribution in [-0.2, 0) is 12.8 Å². The van der Waals surface area contributed by atoms with E-state index < -0.39 is 5.97 Å². The van der Waals surface area contributed by atoms with Crippen molar-refractivity contribution in [3.05, 3.63) is 22.6 Å². The summed E-state index contributed by atoms with van der Waals surface area (Å²) >= 11 is 0. The highest BCUT2D eigenvalue weighted by Crippen LogP contribution is 2.23. The first-order chi connectivity index (χ1) is 6.11. The fourth-order valence-electron chi connectivity index (χ4n) is 1.59. The molecule has 1 N–H and O–H groups in total. The molecule has 0 aromatic carbocycles. The zero-order chi connectivity index (χ0) is 10.0. The molecule has 0 fully saturated rings. The highest BCUT2D eigenvalue weighted by atomic mass is 16.4. The Morgan fingerprint density at radius 1 is 1.38 bits per heavy atom. The van der Waals surface area contributed by atoms with Gasteiger partial charge in [0.25, 0.3) is 0 Å². The van der Waals surface area contributed by atoms with Crippen molar-refractivity contribution in [2.24, 2.45) is 0 Å². The van der Waals surface area contributed by atoms with Crippen LogP contribution in [0, 0.1) is 6.92 Å². The lowest BCUT2D eigenvalue weighted by atomic mass is 10.1. The number of carbonyl (C=O) groups is 1. The van der Waals surface area contributed by atoms with Crippen molar-refractivity contribution < 1.29 is 14.3 Å². The molecule has 13 heavy (non-hydrogen) atoms. The van der Waals surface area contributed by atoms with Crippen molar-refractivity contribution in [3.8, 4) is 0 Å². The van der Waals surface area contributed by atoms with Gasteiger partial charge in [-0.2, -0.15) is 0 Å². The number of aromatic carboxylic acids is 1. The second-order valence-electron chi connectivity index (χ2n) is 2.95. The molecule has 0 radical (unpaired) electrons. The molecule has 0 amide bonds. The van der Waals surface area contributed by atoms with Crippen LogP contribution in [-0.4, -0.2) is 11.1 Å². The predicted molar refractivity (Wildman–Crippen MR) is 49.2 cm³/mol. The van der Waals surface area contributed by atoms with Gasteiger partial charge in [0.1, 0.15) is 17.1 Å². The van der Waals surface area contributed by atoms with Crippen LogP contribution < -0.4 is 0 Å². The Morgan fingerprint density at radius 2 is 2.00 bits per heavy atom. The van der Waals surface area contributed by atoms with Crippen molar-refractivity contribution in [2.45, 2.75) is 33.6 Å². The Balaban J connectivity index is 3.31.